The molecule has 35 heavy (non-hydrogen) atoms. The molecule has 0 bridgehead atoms. The molecule has 3 heterocycles. The summed E-state index contributed by atoms with van der Waals surface area (Å²) < 4.78 is 7.64. The Labute approximate surface area is 200 Å². The first-order chi connectivity index (χ1) is 16.7. The van der Waals surface area contributed by atoms with Gasteiger partial charge in [0.25, 0.3) is 11.5 Å². The van der Waals surface area contributed by atoms with E-state index in [1.165, 1.54) is 24.1 Å². The Morgan fingerprint density at radius 1 is 1.23 bits per heavy atom. The van der Waals surface area contributed by atoms with Gasteiger partial charge in [-0.1, -0.05) is 30.3 Å². The Bertz CT molecular complexity index is 1500. The summed E-state index contributed by atoms with van der Waals surface area (Å²) in [6.45, 7) is 3.77. The third-order valence-corrected chi connectivity index (χ3v) is 6.14. The van der Waals surface area contributed by atoms with Gasteiger partial charge in [0.2, 0.25) is 5.75 Å². The number of hydrogen-bond donors (Lipinski definition) is 2. The molecule has 0 unspecified atom stereocenters. The van der Waals surface area contributed by atoms with Gasteiger partial charge in [0.15, 0.2) is 5.69 Å². The second-order valence-electron chi connectivity index (χ2n) is 8.17. The third-order valence-electron chi connectivity index (χ3n) is 6.14. The predicted molar refractivity (Wildman–Crippen MR) is 125 cm³/mol. The average molecular weight is 473 g/mol. The number of carbonyl (C=O) groups is 1. The van der Waals surface area contributed by atoms with E-state index in [1.807, 2.05) is 33.0 Å². The van der Waals surface area contributed by atoms with Crippen molar-refractivity contribution in [2.45, 2.75) is 25.7 Å². The topological polar surface area (TPSA) is 152 Å². The van der Waals surface area contributed by atoms with Crippen molar-refractivity contribution < 1.29 is 14.4 Å². The van der Waals surface area contributed by atoms with E-state index in [0.29, 0.717) is 5.56 Å². The summed E-state index contributed by atoms with van der Waals surface area (Å²) in [6, 6.07) is 9.42. The molecule has 1 amide bonds. The molecule has 1 aromatic carbocycles. The van der Waals surface area contributed by atoms with Gasteiger partial charge in [-0.25, -0.2) is 4.98 Å². The highest BCUT2D eigenvalue weighted by molar-refractivity contribution is 6.04. The fourth-order valence-electron chi connectivity index (χ4n) is 4.18. The van der Waals surface area contributed by atoms with Gasteiger partial charge in [0, 0.05) is 37.2 Å². The van der Waals surface area contributed by atoms with Crippen molar-refractivity contribution in [3.05, 3.63) is 87.2 Å². The quantitative estimate of drug-likeness (QED) is 0.433. The lowest BCUT2D eigenvalue weighted by Gasteiger charge is -2.26. The van der Waals surface area contributed by atoms with Gasteiger partial charge >= 0.3 is 0 Å². The molecule has 3 aromatic heterocycles. The van der Waals surface area contributed by atoms with Gasteiger partial charge in [0.05, 0.1) is 24.0 Å². The van der Waals surface area contributed by atoms with Crippen molar-refractivity contribution in [1.82, 2.24) is 24.5 Å². The lowest BCUT2D eigenvalue weighted by molar-refractivity contribution is 0.101. The molecule has 0 aliphatic rings. The molecule has 2 N–H and O–H groups in total. The highest BCUT2D eigenvalue weighted by atomic mass is 16.5. The Morgan fingerprint density at radius 2 is 1.97 bits per heavy atom. The van der Waals surface area contributed by atoms with Crippen molar-refractivity contribution in [3.8, 4) is 11.8 Å². The summed E-state index contributed by atoms with van der Waals surface area (Å²) in [7, 11) is 3.30. The molecule has 0 aliphatic carbocycles. The van der Waals surface area contributed by atoms with E-state index in [-0.39, 0.29) is 11.5 Å². The smallest absolute Gasteiger partial charge is 0.296 e. The first-order valence-corrected chi connectivity index (χ1v) is 10.7. The molecular weight excluding hydrogens is 450 g/mol. The van der Waals surface area contributed by atoms with Crippen molar-refractivity contribution in [2.24, 2.45) is 14.1 Å². The minimum Gasteiger partial charge on any atom is -0.501 e. The van der Waals surface area contributed by atoms with E-state index >= 15 is 0 Å². The van der Waals surface area contributed by atoms with E-state index < -0.39 is 34.7 Å². The molecule has 178 valence electrons. The van der Waals surface area contributed by atoms with Gasteiger partial charge in [-0.05, 0) is 18.6 Å². The maximum atomic E-state index is 12.9. The molecule has 0 saturated carbocycles. The predicted octanol–water partition coefficient (Wildman–Crippen LogP) is 2.58. The van der Waals surface area contributed by atoms with Crippen LogP contribution in [-0.2, 0) is 14.1 Å². The molecular formula is C24H23N7O4. The largest absolute Gasteiger partial charge is 0.501 e. The number of nitriles is 1. The normalized spacial score (nSPS) is 12.7. The first-order valence-electron chi connectivity index (χ1n) is 10.7. The fraction of sp³-hybridized carbons (Fsp3) is 0.250. The first kappa shape index (κ1) is 23.4. The molecule has 11 nitrogen and oxygen atoms in total. The summed E-state index contributed by atoms with van der Waals surface area (Å²) in [6.07, 6.45) is 4.21. The number of nitrogens with one attached hydrogen (secondary N) is 1. The lowest BCUT2D eigenvalue weighted by atomic mass is 9.79. The van der Waals surface area contributed by atoms with Crippen LogP contribution >= 0.6 is 0 Å². The number of aromatic nitrogens is 5. The van der Waals surface area contributed by atoms with Crippen LogP contribution in [0.2, 0.25) is 0 Å². The SMILES string of the molecule is Cc1c([C@@H](c2ccccc2C#N)[C@H](C)c2nc(C(=O)Nc3cnoc3)c(O)c(=O)n2C)cnn1C. The number of aryl methyl sites for hydroxylation is 1. The van der Waals surface area contributed by atoms with Crippen LogP contribution in [-0.4, -0.2) is 35.5 Å². The highest BCUT2D eigenvalue weighted by Crippen LogP contribution is 2.40. The van der Waals surface area contributed by atoms with Crippen molar-refractivity contribution in [3.63, 3.8) is 0 Å². The molecule has 0 saturated heterocycles. The molecule has 4 rings (SSSR count). The van der Waals surface area contributed by atoms with E-state index in [2.05, 4.69) is 26.6 Å². The van der Waals surface area contributed by atoms with Crippen LogP contribution in [0, 0.1) is 18.3 Å². The van der Waals surface area contributed by atoms with Crippen LogP contribution in [0.4, 0.5) is 5.69 Å². The number of benzene rings is 1. The van der Waals surface area contributed by atoms with Crippen molar-refractivity contribution >= 4 is 11.6 Å². The monoisotopic (exact) mass is 473 g/mol. The van der Waals surface area contributed by atoms with Gasteiger partial charge in [-0.3, -0.25) is 18.8 Å². The Balaban J connectivity index is 1.88. The van der Waals surface area contributed by atoms with E-state index in [9.17, 15) is 20.0 Å². The van der Waals surface area contributed by atoms with Crippen LogP contribution < -0.4 is 10.9 Å². The number of rotatable bonds is 6. The number of amides is 1. The van der Waals surface area contributed by atoms with Crippen molar-refractivity contribution in [2.75, 3.05) is 5.32 Å². The summed E-state index contributed by atoms with van der Waals surface area (Å²) >= 11 is 0. The Hall–Kier alpha value is -4.72. The van der Waals surface area contributed by atoms with Gasteiger partial charge in [-0.2, -0.15) is 10.4 Å². The summed E-state index contributed by atoms with van der Waals surface area (Å²) in [5, 5.41) is 30.6. The Kier molecular flexibility index (Phi) is 6.20. The minimum absolute atomic E-state index is 0.248. The number of nitrogens with zero attached hydrogens (tertiary/aromatic N) is 6. The fourth-order valence-corrected chi connectivity index (χ4v) is 4.18. The summed E-state index contributed by atoms with van der Waals surface area (Å²) in [5.41, 5.74) is 1.99. The standard InChI is InChI=1S/C24H23N7O4/c1-13(19(18-11-26-31(4)14(18)2)17-8-6-5-7-15(17)9-25)22-29-20(21(32)24(34)30(22)3)23(33)28-16-10-27-35-12-16/h5-8,10-13,19,32H,1-4H3,(H,28,33)/t13-,19+/m0/s1. The van der Waals surface area contributed by atoms with Crippen LogP contribution in [0.25, 0.3) is 0 Å². The number of hydrogen-bond acceptors (Lipinski definition) is 8. The second kappa shape index (κ2) is 9.26. The van der Waals surface area contributed by atoms with Crippen LogP contribution in [0.5, 0.6) is 5.75 Å². The van der Waals surface area contributed by atoms with E-state index in [1.54, 1.807) is 23.0 Å². The number of anilines is 1. The van der Waals surface area contributed by atoms with E-state index in [4.69, 9.17) is 4.52 Å². The molecule has 0 aliphatic heterocycles. The number of aromatic hydroxyl groups is 1. The van der Waals surface area contributed by atoms with Gasteiger partial charge in [0.1, 0.15) is 17.8 Å². The van der Waals surface area contributed by atoms with E-state index in [0.717, 1.165) is 16.8 Å². The van der Waals surface area contributed by atoms with Crippen LogP contribution in [0.15, 0.2) is 52.2 Å². The minimum atomic E-state index is -0.789. The highest BCUT2D eigenvalue weighted by Gasteiger charge is 2.32. The maximum Gasteiger partial charge on any atom is 0.296 e. The second-order valence-corrected chi connectivity index (χ2v) is 8.17. The summed E-state index contributed by atoms with van der Waals surface area (Å²) in [5.74, 6) is -2.22. The van der Waals surface area contributed by atoms with Gasteiger partial charge in [-0.15, -0.1) is 0 Å². The molecule has 0 fully saturated rings. The zero-order valence-electron chi connectivity index (χ0n) is 19.6. The third kappa shape index (κ3) is 4.17. The molecule has 2 atom stereocenters. The molecule has 0 spiro atoms. The van der Waals surface area contributed by atoms with Crippen molar-refractivity contribution in [1.29, 1.82) is 5.26 Å². The average Bonchev–Trinajstić information content (AvgIpc) is 3.48. The molecule has 4 aromatic rings. The summed E-state index contributed by atoms with van der Waals surface area (Å²) in [4.78, 5) is 30.2. The molecule has 0 radical (unpaired) electrons. The zero-order valence-corrected chi connectivity index (χ0v) is 19.6. The Morgan fingerprint density at radius 3 is 2.60 bits per heavy atom. The molecule has 11 heteroatoms. The van der Waals surface area contributed by atoms with Crippen LogP contribution in [0.3, 0.4) is 0 Å². The maximum absolute atomic E-state index is 12.9. The van der Waals surface area contributed by atoms with Crippen LogP contribution in [0.1, 0.15) is 57.5 Å². The number of carbonyl (C=O) groups excluding carboxylic acids is 1. The van der Waals surface area contributed by atoms with Gasteiger partial charge < -0.3 is 14.9 Å². The zero-order chi connectivity index (χ0) is 25.3. The lowest BCUT2D eigenvalue weighted by Crippen LogP contribution is -2.29.